The summed E-state index contributed by atoms with van der Waals surface area (Å²) >= 11 is 9.12. The van der Waals surface area contributed by atoms with Crippen LogP contribution < -0.4 is 17.2 Å². The molecule has 6 nitrogen and oxygen atoms in total. The van der Waals surface area contributed by atoms with Gasteiger partial charge >= 0.3 is 0 Å². The number of nitrogens with two attached hydrogens (primary N) is 3. The lowest BCUT2D eigenvalue weighted by atomic mass is 10.2. The van der Waals surface area contributed by atoms with Crippen molar-refractivity contribution in [1.82, 2.24) is 0 Å². The van der Waals surface area contributed by atoms with Crippen LogP contribution in [0.15, 0.2) is 26.6 Å². The number of aliphatic imine (C=N–C) groups is 2. The molecule has 0 unspecified atom stereocenters. The molecule has 0 spiro atoms. The maximum absolute atomic E-state index is 8.98. The standard InChI is InChI=1S/C9H8BrClN6/c10-5-1-2-6(11)7(4(5)3-12)16-9(15)17-8(13)14/h1-2H,(H6,13,14,15,16,17). The number of benzene rings is 1. The van der Waals surface area contributed by atoms with E-state index in [2.05, 4.69) is 25.9 Å². The Kier molecular flexibility index (Phi) is 4.31. The predicted octanol–water partition coefficient (Wildman–Crippen LogP) is 1.19. The highest BCUT2D eigenvalue weighted by molar-refractivity contribution is 9.10. The number of hydrogen-bond acceptors (Lipinski definition) is 2. The number of halogens is 2. The van der Waals surface area contributed by atoms with E-state index < -0.39 is 0 Å². The van der Waals surface area contributed by atoms with Crippen molar-refractivity contribution in [1.29, 1.82) is 5.26 Å². The zero-order valence-corrected chi connectivity index (χ0v) is 10.8. The molecule has 1 rings (SSSR count). The number of hydrogen-bond donors (Lipinski definition) is 3. The Balaban J connectivity index is 3.37. The van der Waals surface area contributed by atoms with Crippen LogP contribution in [0.3, 0.4) is 0 Å². The van der Waals surface area contributed by atoms with Crippen LogP contribution in [-0.4, -0.2) is 11.9 Å². The molecule has 0 aliphatic rings. The van der Waals surface area contributed by atoms with Gasteiger partial charge in [-0.2, -0.15) is 10.3 Å². The Morgan fingerprint density at radius 1 is 1.35 bits per heavy atom. The molecule has 0 aliphatic carbocycles. The first-order valence-electron chi connectivity index (χ1n) is 4.27. The van der Waals surface area contributed by atoms with Gasteiger partial charge in [-0.25, -0.2) is 4.99 Å². The lowest BCUT2D eigenvalue weighted by molar-refractivity contribution is 1.36. The van der Waals surface area contributed by atoms with E-state index in [1.165, 1.54) is 0 Å². The first-order chi connectivity index (χ1) is 7.95. The molecule has 0 saturated heterocycles. The Morgan fingerprint density at radius 3 is 2.53 bits per heavy atom. The highest BCUT2D eigenvalue weighted by atomic mass is 79.9. The summed E-state index contributed by atoms with van der Waals surface area (Å²) in [6.45, 7) is 0. The van der Waals surface area contributed by atoms with E-state index in [1.807, 2.05) is 6.07 Å². The molecular weight excluding hydrogens is 307 g/mol. The summed E-state index contributed by atoms with van der Waals surface area (Å²) in [5, 5.41) is 9.26. The molecule has 0 heterocycles. The molecule has 8 heteroatoms. The summed E-state index contributed by atoms with van der Waals surface area (Å²) in [7, 11) is 0. The van der Waals surface area contributed by atoms with Crippen molar-refractivity contribution in [2.45, 2.75) is 0 Å². The minimum atomic E-state index is -0.226. The average molecular weight is 316 g/mol. The van der Waals surface area contributed by atoms with E-state index >= 15 is 0 Å². The molecular formula is C9H8BrClN6. The van der Waals surface area contributed by atoms with Crippen LogP contribution in [0.2, 0.25) is 5.02 Å². The molecule has 1 aromatic rings. The number of nitrogens with zero attached hydrogens (tertiary/aromatic N) is 3. The molecule has 0 radical (unpaired) electrons. The van der Waals surface area contributed by atoms with E-state index in [0.29, 0.717) is 4.47 Å². The molecule has 6 N–H and O–H groups in total. The zero-order chi connectivity index (χ0) is 13.0. The van der Waals surface area contributed by atoms with Gasteiger partial charge in [-0.15, -0.1) is 0 Å². The second-order valence-electron chi connectivity index (χ2n) is 2.87. The van der Waals surface area contributed by atoms with Gasteiger partial charge < -0.3 is 17.2 Å². The van der Waals surface area contributed by atoms with E-state index in [0.717, 1.165) is 0 Å². The van der Waals surface area contributed by atoms with Crippen molar-refractivity contribution < 1.29 is 0 Å². The van der Waals surface area contributed by atoms with Crippen molar-refractivity contribution in [3.8, 4) is 6.07 Å². The fourth-order valence-corrected chi connectivity index (χ4v) is 1.64. The Hall–Kier alpha value is -1.78. The quantitative estimate of drug-likeness (QED) is 0.531. The van der Waals surface area contributed by atoms with Crippen LogP contribution in [-0.2, 0) is 0 Å². The molecule has 0 saturated carbocycles. The molecule has 0 bridgehead atoms. The van der Waals surface area contributed by atoms with E-state index in [-0.39, 0.29) is 28.2 Å². The Bertz CT molecular complexity index is 541. The van der Waals surface area contributed by atoms with Gasteiger partial charge in [0.1, 0.15) is 11.8 Å². The highest BCUT2D eigenvalue weighted by Crippen LogP contribution is 2.33. The van der Waals surface area contributed by atoms with E-state index in [4.69, 9.17) is 34.1 Å². The summed E-state index contributed by atoms with van der Waals surface area (Å²) in [5.41, 5.74) is 16.2. The molecule has 0 aromatic heterocycles. The van der Waals surface area contributed by atoms with Crippen LogP contribution >= 0.6 is 27.5 Å². The van der Waals surface area contributed by atoms with Gasteiger partial charge in [0.25, 0.3) is 0 Å². The number of guanidine groups is 2. The lowest BCUT2D eigenvalue weighted by Crippen LogP contribution is -2.26. The average Bonchev–Trinajstić information content (AvgIpc) is 2.23. The van der Waals surface area contributed by atoms with E-state index in [9.17, 15) is 0 Å². The number of nitriles is 1. The van der Waals surface area contributed by atoms with Crippen LogP contribution in [0.1, 0.15) is 5.56 Å². The summed E-state index contributed by atoms with van der Waals surface area (Å²) in [5.74, 6) is -0.405. The molecule has 17 heavy (non-hydrogen) atoms. The third-order valence-electron chi connectivity index (χ3n) is 1.66. The second kappa shape index (κ2) is 5.52. The molecule has 88 valence electrons. The van der Waals surface area contributed by atoms with Crippen molar-refractivity contribution in [3.05, 3.63) is 27.2 Å². The van der Waals surface area contributed by atoms with Crippen LogP contribution in [0.5, 0.6) is 0 Å². The predicted molar refractivity (Wildman–Crippen MR) is 71.0 cm³/mol. The third kappa shape index (κ3) is 3.34. The topological polar surface area (TPSA) is 127 Å². The largest absolute Gasteiger partial charge is 0.370 e. The Labute approximate surface area is 111 Å². The monoisotopic (exact) mass is 314 g/mol. The first kappa shape index (κ1) is 13.3. The summed E-state index contributed by atoms with van der Waals surface area (Å²) in [4.78, 5) is 7.43. The summed E-state index contributed by atoms with van der Waals surface area (Å²) < 4.78 is 0.556. The third-order valence-corrected chi connectivity index (χ3v) is 2.63. The molecule has 0 aliphatic heterocycles. The number of rotatable bonds is 1. The van der Waals surface area contributed by atoms with Gasteiger partial charge in [-0.05, 0) is 28.1 Å². The molecule has 0 amide bonds. The first-order valence-corrected chi connectivity index (χ1v) is 5.44. The van der Waals surface area contributed by atoms with Crippen LogP contribution in [0, 0.1) is 11.3 Å². The SMILES string of the molecule is N#Cc1c(Br)ccc(Cl)c1N=C(N)N=C(N)N. The van der Waals surface area contributed by atoms with Gasteiger partial charge in [-0.1, -0.05) is 11.6 Å². The maximum atomic E-state index is 8.98. The summed E-state index contributed by atoms with van der Waals surface area (Å²) in [6.07, 6.45) is 0. The van der Waals surface area contributed by atoms with E-state index in [1.54, 1.807) is 12.1 Å². The second-order valence-corrected chi connectivity index (χ2v) is 4.13. The van der Waals surface area contributed by atoms with Crippen LogP contribution in [0.25, 0.3) is 0 Å². The minimum Gasteiger partial charge on any atom is -0.370 e. The van der Waals surface area contributed by atoms with Crippen LogP contribution in [0.4, 0.5) is 5.69 Å². The Morgan fingerprint density at radius 2 is 2.00 bits per heavy atom. The lowest BCUT2D eigenvalue weighted by Gasteiger charge is -2.03. The highest BCUT2D eigenvalue weighted by Gasteiger charge is 2.10. The van der Waals surface area contributed by atoms with Crippen molar-refractivity contribution in [3.63, 3.8) is 0 Å². The van der Waals surface area contributed by atoms with Crippen molar-refractivity contribution in [2.75, 3.05) is 0 Å². The minimum absolute atomic E-state index is 0.179. The summed E-state index contributed by atoms with van der Waals surface area (Å²) in [6, 6.07) is 5.17. The normalized spacial score (nSPS) is 10.8. The maximum Gasteiger partial charge on any atom is 0.223 e. The zero-order valence-electron chi connectivity index (χ0n) is 8.48. The van der Waals surface area contributed by atoms with Gasteiger partial charge in [0, 0.05) is 4.47 Å². The van der Waals surface area contributed by atoms with Gasteiger partial charge in [0.05, 0.1) is 10.6 Å². The molecule has 1 aromatic carbocycles. The van der Waals surface area contributed by atoms with Gasteiger partial charge in [0.2, 0.25) is 5.96 Å². The van der Waals surface area contributed by atoms with Gasteiger partial charge in [0.15, 0.2) is 5.96 Å². The molecule has 0 fully saturated rings. The fraction of sp³-hybridized carbons (Fsp3) is 0. The van der Waals surface area contributed by atoms with Crippen molar-refractivity contribution >= 4 is 45.1 Å². The van der Waals surface area contributed by atoms with Gasteiger partial charge in [-0.3, -0.25) is 0 Å². The smallest absolute Gasteiger partial charge is 0.223 e. The van der Waals surface area contributed by atoms with Crippen molar-refractivity contribution in [2.24, 2.45) is 27.2 Å². The molecule has 0 atom stereocenters. The fourth-order valence-electron chi connectivity index (χ4n) is 1.03.